The van der Waals surface area contributed by atoms with Gasteiger partial charge in [0.05, 0.1) is 24.4 Å². The minimum Gasteiger partial charge on any atom is -0.381 e. The van der Waals surface area contributed by atoms with Crippen molar-refractivity contribution in [1.82, 2.24) is 0 Å². The van der Waals surface area contributed by atoms with Gasteiger partial charge in [0.2, 0.25) is 0 Å². The fraction of sp³-hybridized carbons (Fsp3) is 1.00. The van der Waals surface area contributed by atoms with Gasteiger partial charge in [-0.3, -0.25) is 0 Å². The van der Waals surface area contributed by atoms with Crippen LogP contribution in [0.3, 0.4) is 0 Å². The molecule has 8 unspecified atom stereocenters. The van der Waals surface area contributed by atoms with Gasteiger partial charge in [0.1, 0.15) is 0 Å². The highest BCUT2D eigenvalue weighted by atomic mass is 16.5. The smallest absolute Gasteiger partial charge is 0.0645 e. The highest BCUT2D eigenvalue weighted by Crippen LogP contribution is 3.22. The molecule has 0 heterocycles. The van der Waals surface area contributed by atoms with Crippen molar-refractivity contribution in [3.05, 3.63) is 0 Å². The normalized spacial score (nSPS) is 91.3. The molecule has 4 heteroatoms. The van der Waals surface area contributed by atoms with Crippen LogP contribution in [0.4, 0.5) is 0 Å². The number of hydrogen-bond donors (Lipinski definition) is 0. The standard InChI is InChI=1S/C24H28O4/c1-25-17-9-5-6-10(17)22-14-8-7-13(19(14)27-3)21(9,22)23-11(5)18(26-2)12(6)24(22,23)16(8)20(28-4)15(7)23/h5-20H,1-4H3. The van der Waals surface area contributed by atoms with Gasteiger partial charge in [-0.1, -0.05) is 0 Å². The summed E-state index contributed by atoms with van der Waals surface area (Å²) in [5, 5.41) is 0. The van der Waals surface area contributed by atoms with Crippen LogP contribution >= 0.6 is 0 Å². The van der Waals surface area contributed by atoms with E-state index in [1.807, 2.05) is 28.4 Å². The van der Waals surface area contributed by atoms with E-state index < -0.39 is 0 Å². The van der Waals surface area contributed by atoms with Gasteiger partial charge in [0.25, 0.3) is 0 Å². The fourth-order valence-corrected chi connectivity index (χ4v) is 17.7. The predicted molar refractivity (Wildman–Crippen MR) is 94.8 cm³/mol. The van der Waals surface area contributed by atoms with Gasteiger partial charge in [0, 0.05) is 28.4 Å². The Morgan fingerprint density at radius 3 is 0.679 bits per heavy atom. The first-order chi connectivity index (χ1) is 13.8. The summed E-state index contributed by atoms with van der Waals surface area (Å²) in [5.74, 6) is 10.1. The molecule has 13 rings (SSSR count). The summed E-state index contributed by atoms with van der Waals surface area (Å²) in [6.45, 7) is 0. The van der Waals surface area contributed by atoms with Crippen molar-refractivity contribution in [3.63, 3.8) is 0 Å². The van der Waals surface area contributed by atoms with Crippen LogP contribution in [0.1, 0.15) is 0 Å². The van der Waals surface area contributed by atoms with Gasteiger partial charge in [0.15, 0.2) is 0 Å². The Hall–Kier alpha value is -0.160. The van der Waals surface area contributed by atoms with E-state index in [1.54, 1.807) is 0 Å². The summed E-state index contributed by atoms with van der Waals surface area (Å²) < 4.78 is 25.8. The van der Waals surface area contributed by atoms with Crippen LogP contribution in [0, 0.1) is 92.7 Å². The van der Waals surface area contributed by atoms with Crippen LogP contribution in [0.15, 0.2) is 0 Å². The minimum absolute atomic E-state index is 0.540. The Morgan fingerprint density at radius 1 is 0.357 bits per heavy atom. The van der Waals surface area contributed by atoms with Gasteiger partial charge in [-0.2, -0.15) is 0 Å². The molecule has 28 heavy (non-hydrogen) atoms. The molecule has 8 bridgehead atoms. The predicted octanol–water partition coefficient (Wildman–Crippen LogP) is 1.54. The zero-order chi connectivity index (χ0) is 18.1. The van der Waals surface area contributed by atoms with Crippen molar-refractivity contribution in [2.75, 3.05) is 28.4 Å². The van der Waals surface area contributed by atoms with Gasteiger partial charge >= 0.3 is 0 Å². The molecule has 0 aliphatic heterocycles. The minimum atomic E-state index is 0.540. The Labute approximate surface area is 165 Å². The Kier molecular flexibility index (Phi) is 1.56. The van der Waals surface area contributed by atoms with Crippen molar-refractivity contribution < 1.29 is 18.9 Å². The molecule has 0 saturated heterocycles. The molecule has 13 fully saturated rings. The monoisotopic (exact) mass is 380 g/mol. The fourth-order valence-electron chi connectivity index (χ4n) is 17.7. The third-order valence-electron chi connectivity index (χ3n) is 15.1. The van der Waals surface area contributed by atoms with E-state index >= 15 is 0 Å². The van der Waals surface area contributed by atoms with Crippen molar-refractivity contribution in [3.8, 4) is 0 Å². The molecule has 13 aliphatic carbocycles. The third-order valence-corrected chi connectivity index (χ3v) is 15.1. The summed E-state index contributed by atoms with van der Waals surface area (Å²) in [5.41, 5.74) is 2.16. The molecule has 13 saturated carbocycles. The first kappa shape index (κ1) is 14.0. The van der Waals surface area contributed by atoms with E-state index in [-0.39, 0.29) is 0 Å². The van der Waals surface area contributed by atoms with Crippen LogP contribution in [0.25, 0.3) is 0 Å². The second kappa shape index (κ2) is 3.12. The second-order valence-electron chi connectivity index (χ2n) is 12.8. The molecule has 0 radical (unpaired) electrons. The molecule has 148 valence electrons. The molecule has 0 amide bonds. The Bertz CT molecular complexity index is 742. The zero-order valence-electron chi connectivity index (χ0n) is 16.9. The largest absolute Gasteiger partial charge is 0.381 e. The highest BCUT2D eigenvalue weighted by Gasteiger charge is 3.24. The van der Waals surface area contributed by atoms with E-state index in [9.17, 15) is 0 Å². The second-order valence-corrected chi connectivity index (χ2v) is 12.8. The topological polar surface area (TPSA) is 36.9 Å². The number of methoxy groups -OCH3 is 4. The summed E-state index contributed by atoms with van der Waals surface area (Å²) in [4.78, 5) is 0. The molecule has 0 aromatic carbocycles. The van der Waals surface area contributed by atoms with E-state index in [1.165, 1.54) is 0 Å². The summed E-state index contributed by atoms with van der Waals surface area (Å²) in [7, 11) is 8.15. The third kappa shape index (κ3) is 0.594. The lowest BCUT2D eigenvalue weighted by molar-refractivity contribution is -0.297. The molecule has 8 atom stereocenters. The molecule has 13 aliphatic rings. The van der Waals surface area contributed by atoms with Crippen molar-refractivity contribution in [1.29, 1.82) is 0 Å². The van der Waals surface area contributed by atoms with E-state index in [4.69, 9.17) is 18.9 Å². The van der Waals surface area contributed by atoms with Crippen LogP contribution in [-0.2, 0) is 18.9 Å². The van der Waals surface area contributed by atoms with E-state index in [2.05, 4.69) is 0 Å². The molecular formula is C24H28O4. The Morgan fingerprint density at radius 2 is 0.536 bits per heavy atom. The van der Waals surface area contributed by atoms with Crippen molar-refractivity contribution in [2.45, 2.75) is 24.4 Å². The molecule has 4 nitrogen and oxygen atoms in total. The first-order valence-electron chi connectivity index (χ1n) is 11.9. The summed E-state index contributed by atoms with van der Waals surface area (Å²) in [6, 6.07) is 0. The lowest BCUT2D eigenvalue weighted by atomic mass is 9.28. The lowest BCUT2D eigenvalue weighted by Gasteiger charge is -2.73. The summed E-state index contributed by atoms with van der Waals surface area (Å²) in [6.07, 6.45) is 2.18. The SMILES string of the molecule is COC1C2C3C4C1C15C6C(OC)C7C8C6C6C(OC)C8C8(C3C(OC)C4C618)C275. The van der Waals surface area contributed by atoms with Crippen LogP contribution in [0.2, 0.25) is 0 Å². The maximum Gasteiger partial charge on any atom is 0.0645 e. The number of rotatable bonds is 4. The molecule has 0 N–H and O–H groups in total. The van der Waals surface area contributed by atoms with Gasteiger partial charge in [-0.05, 0) is 92.7 Å². The summed E-state index contributed by atoms with van der Waals surface area (Å²) >= 11 is 0. The average molecular weight is 380 g/mol. The Balaban J connectivity index is 1.38. The van der Waals surface area contributed by atoms with Crippen LogP contribution in [0.5, 0.6) is 0 Å². The van der Waals surface area contributed by atoms with Crippen LogP contribution in [-0.4, -0.2) is 52.9 Å². The first-order valence-corrected chi connectivity index (χ1v) is 11.9. The van der Waals surface area contributed by atoms with Gasteiger partial charge in [-0.25, -0.2) is 0 Å². The van der Waals surface area contributed by atoms with E-state index in [0.29, 0.717) is 46.1 Å². The van der Waals surface area contributed by atoms with Crippen LogP contribution < -0.4 is 0 Å². The number of hydrogen-bond acceptors (Lipinski definition) is 4. The molecular weight excluding hydrogens is 352 g/mol. The maximum absolute atomic E-state index is 6.45. The van der Waals surface area contributed by atoms with Gasteiger partial charge in [-0.15, -0.1) is 0 Å². The lowest BCUT2D eigenvalue weighted by Crippen LogP contribution is -2.73. The quantitative estimate of drug-likeness (QED) is 0.741. The zero-order valence-corrected chi connectivity index (χ0v) is 16.9. The average Bonchev–Trinajstić information content (AvgIpc) is 3.48. The van der Waals surface area contributed by atoms with Gasteiger partial charge < -0.3 is 18.9 Å². The highest BCUT2D eigenvalue weighted by molar-refractivity contribution is 5.69. The molecule has 4 spiro atoms. The molecule has 0 aromatic heterocycles. The maximum atomic E-state index is 6.45. The van der Waals surface area contributed by atoms with Crippen molar-refractivity contribution >= 4 is 0 Å². The van der Waals surface area contributed by atoms with Crippen molar-refractivity contribution in [2.24, 2.45) is 92.7 Å². The van der Waals surface area contributed by atoms with E-state index in [0.717, 1.165) is 71.0 Å². The molecule has 0 aromatic rings. The number of ether oxygens (including phenoxy) is 4.